The monoisotopic (exact) mass is 347 g/mol. The number of fused-ring (bicyclic) bond motifs is 4. The molecule has 3 heterocycles. The first-order chi connectivity index (χ1) is 11.7. The van der Waals surface area contributed by atoms with Gasteiger partial charge in [0.05, 0.1) is 19.3 Å². The Hall–Kier alpha value is -1.80. The Balaban J connectivity index is 1.77. The normalized spacial score (nSPS) is 30.0. The Bertz CT molecular complexity index is 972. The van der Waals surface area contributed by atoms with Gasteiger partial charge in [0, 0.05) is 21.8 Å². The van der Waals surface area contributed by atoms with Crippen LogP contribution >= 0.6 is 0 Å². The standard InChI is InChI=1S/C17H14FNO4S/c18-10-5-6-14-12(7-10)11-3-1-2-4-13(11)19(14)15-8-21-9-16-17(15)23-24(20)22-16/h1-7,15-17H,8-9H2/t15-,16-,17+,24?/m0/s1. The second-order valence-electron chi connectivity index (χ2n) is 6.05. The van der Waals surface area contributed by atoms with Gasteiger partial charge in [-0.2, -0.15) is 4.21 Å². The molecule has 2 aliphatic heterocycles. The molecule has 0 radical (unpaired) electrons. The van der Waals surface area contributed by atoms with E-state index in [1.54, 1.807) is 12.1 Å². The summed E-state index contributed by atoms with van der Waals surface area (Å²) in [6.07, 6.45) is -0.718. The van der Waals surface area contributed by atoms with Gasteiger partial charge in [0.25, 0.3) is 0 Å². The first kappa shape index (κ1) is 14.5. The Morgan fingerprint density at radius 3 is 2.79 bits per heavy atom. The predicted molar refractivity (Wildman–Crippen MR) is 87.1 cm³/mol. The Morgan fingerprint density at radius 1 is 1.04 bits per heavy atom. The van der Waals surface area contributed by atoms with Gasteiger partial charge in [-0.25, -0.2) is 4.39 Å². The van der Waals surface area contributed by atoms with Crippen LogP contribution in [-0.2, 0) is 24.5 Å². The number of hydrogen-bond acceptors (Lipinski definition) is 4. The lowest BCUT2D eigenvalue weighted by atomic mass is 10.0. The molecule has 1 unspecified atom stereocenters. The fourth-order valence-electron chi connectivity index (χ4n) is 3.72. The second-order valence-corrected chi connectivity index (χ2v) is 6.85. The highest BCUT2D eigenvalue weighted by molar-refractivity contribution is 7.75. The summed E-state index contributed by atoms with van der Waals surface area (Å²) in [6.45, 7) is 0.783. The van der Waals surface area contributed by atoms with Crippen molar-refractivity contribution in [3.8, 4) is 0 Å². The van der Waals surface area contributed by atoms with Gasteiger partial charge in [-0.05, 0) is 24.3 Å². The largest absolute Gasteiger partial charge is 0.376 e. The van der Waals surface area contributed by atoms with E-state index in [0.29, 0.717) is 13.2 Å². The summed E-state index contributed by atoms with van der Waals surface area (Å²) in [6, 6.07) is 12.4. The van der Waals surface area contributed by atoms with Crippen molar-refractivity contribution in [2.75, 3.05) is 13.2 Å². The molecular formula is C17H14FNO4S. The molecule has 124 valence electrons. The molecule has 2 aliphatic rings. The number of benzene rings is 2. The molecule has 5 nitrogen and oxygen atoms in total. The van der Waals surface area contributed by atoms with E-state index in [9.17, 15) is 8.60 Å². The fourth-order valence-corrected chi connectivity index (χ4v) is 4.57. The quantitative estimate of drug-likeness (QED) is 0.679. The molecular weight excluding hydrogens is 333 g/mol. The van der Waals surface area contributed by atoms with Crippen molar-refractivity contribution in [3.05, 3.63) is 48.3 Å². The lowest BCUT2D eigenvalue weighted by Crippen LogP contribution is -2.43. The third kappa shape index (κ3) is 2.05. The molecule has 2 aromatic carbocycles. The van der Waals surface area contributed by atoms with Gasteiger partial charge in [-0.1, -0.05) is 18.2 Å². The van der Waals surface area contributed by atoms with Crippen LogP contribution in [-0.4, -0.2) is 34.2 Å². The van der Waals surface area contributed by atoms with Crippen molar-refractivity contribution in [3.63, 3.8) is 0 Å². The number of nitrogens with zero attached hydrogens (tertiary/aromatic N) is 1. The lowest BCUT2D eigenvalue weighted by molar-refractivity contribution is -0.0519. The fraction of sp³-hybridized carbons (Fsp3) is 0.294. The van der Waals surface area contributed by atoms with Crippen LogP contribution in [0.25, 0.3) is 21.8 Å². The molecule has 3 aromatic rings. The number of halogens is 1. The van der Waals surface area contributed by atoms with Crippen LogP contribution in [0.3, 0.4) is 0 Å². The summed E-state index contributed by atoms with van der Waals surface area (Å²) in [5, 5.41) is 1.81. The number of ether oxygens (including phenoxy) is 1. The van der Waals surface area contributed by atoms with Crippen molar-refractivity contribution < 1.29 is 21.7 Å². The lowest BCUT2D eigenvalue weighted by Gasteiger charge is -2.32. The maximum Gasteiger partial charge on any atom is 0.305 e. The van der Waals surface area contributed by atoms with Crippen LogP contribution in [0.2, 0.25) is 0 Å². The summed E-state index contributed by atoms with van der Waals surface area (Å²) < 4.78 is 43.9. The summed E-state index contributed by atoms with van der Waals surface area (Å²) >= 11 is -1.75. The minimum atomic E-state index is -1.75. The van der Waals surface area contributed by atoms with E-state index in [2.05, 4.69) is 4.57 Å². The number of rotatable bonds is 1. The smallest absolute Gasteiger partial charge is 0.305 e. The van der Waals surface area contributed by atoms with Crippen molar-refractivity contribution in [2.45, 2.75) is 18.2 Å². The van der Waals surface area contributed by atoms with Gasteiger partial charge < -0.3 is 9.30 Å². The van der Waals surface area contributed by atoms with Crippen LogP contribution in [0.1, 0.15) is 6.04 Å². The molecule has 0 bridgehead atoms. The highest BCUT2D eigenvalue weighted by Crippen LogP contribution is 2.38. The molecule has 1 aromatic heterocycles. The molecule has 0 amide bonds. The molecule has 4 atom stereocenters. The van der Waals surface area contributed by atoms with Crippen molar-refractivity contribution in [1.82, 2.24) is 4.57 Å². The zero-order chi connectivity index (χ0) is 16.3. The molecule has 2 fully saturated rings. The van der Waals surface area contributed by atoms with Gasteiger partial charge in [0.1, 0.15) is 18.0 Å². The summed E-state index contributed by atoms with van der Waals surface area (Å²) in [4.78, 5) is 0. The van der Waals surface area contributed by atoms with Gasteiger partial charge in [0.2, 0.25) is 0 Å². The highest BCUT2D eigenvalue weighted by atomic mass is 32.2. The predicted octanol–water partition coefficient (Wildman–Crippen LogP) is 2.87. The zero-order valence-corrected chi connectivity index (χ0v) is 13.4. The van der Waals surface area contributed by atoms with E-state index in [-0.39, 0.29) is 24.1 Å². The third-order valence-corrected chi connectivity index (χ3v) is 5.50. The van der Waals surface area contributed by atoms with E-state index in [1.165, 1.54) is 6.07 Å². The molecule has 0 spiro atoms. The third-order valence-electron chi connectivity index (χ3n) is 4.71. The van der Waals surface area contributed by atoms with Crippen molar-refractivity contribution in [2.24, 2.45) is 0 Å². The minimum Gasteiger partial charge on any atom is -0.376 e. The van der Waals surface area contributed by atoms with Crippen LogP contribution in [0.15, 0.2) is 42.5 Å². The summed E-state index contributed by atoms with van der Waals surface area (Å²) in [5.74, 6) is -0.273. The summed E-state index contributed by atoms with van der Waals surface area (Å²) in [5.41, 5.74) is 1.86. The molecule has 5 rings (SSSR count). The van der Waals surface area contributed by atoms with Crippen molar-refractivity contribution >= 4 is 33.2 Å². The van der Waals surface area contributed by atoms with Crippen LogP contribution in [0, 0.1) is 5.82 Å². The van der Waals surface area contributed by atoms with E-state index < -0.39 is 11.4 Å². The first-order valence-electron chi connectivity index (χ1n) is 7.74. The highest BCUT2D eigenvalue weighted by Gasteiger charge is 2.45. The van der Waals surface area contributed by atoms with E-state index >= 15 is 0 Å². The van der Waals surface area contributed by atoms with Gasteiger partial charge in [0.15, 0.2) is 0 Å². The van der Waals surface area contributed by atoms with Gasteiger partial charge in [-0.15, -0.1) is 0 Å². The molecule has 0 N–H and O–H groups in total. The Labute approximate surface area is 139 Å². The number of hydrogen-bond donors (Lipinski definition) is 0. The van der Waals surface area contributed by atoms with E-state index in [4.69, 9.17) is 13.1 Å². The van der Waals surface area contributed by atoms with Gasteiger partial charge in [-0.3, -0.25) is 8.37 Å². The van der Waals surface area contributed by atoms with Crippen molar-refractivity contribution in [1.29, 1.82) is 0 Å². The minimum absolute atomic E-state index is 0.192. The van der Waals surface area contributed by atoms with Crippen LogP contribution in [0.5, 0.6) is 0 Å². The molecule has 7 heteroatoms. The maximum atomic E-state index is 13.8. The average molecular weight is 347 g/mol. The zero-order valence-electron chi connectivity index (χ0n) is 12.6. The van der Waals surface area contributed by atoms with E-state index in [1.807, 2.05) is 24.3 Å². The maximum absolute atomic E-state index is 13.8. The SMILES string of the molecule is O=S1O[C@H]2[C@H](COC[C@@H]2n2c3ccccc3c3cc(F)ccc32)O1. The molecule has 24 heavy (non-hydrogen) atoms. The molecule has 2 saturated heterocycles. The Morgan fingerprint density at radius 2 is 1.88 bits per heavy atom. The Kier molecular flexibility index (Phi) is 3.24. The summed E-state index contributed by atoms with van der Waals surface area (Å²) in [7, 11) is 0. The first-order valence-corrected chi connectivity index (χ1v) is 8.74. The second kappa shape index (κ2) is 5.35. The van der Waals surface area contributed by atoms with Gasteiger partial charge >= 0.3 is 11.4 Å². The molecule has 0 aliphatic carbocycles. The van der Waals surface area contributed by atoms with E-state index in [0.717, 1.165) is 21.8 Å². The van der Waals surface area contributed by atoms with Crippen LogP contribution < -0.4 is 0 Å². The van der Waals surface area contributed by atoms with Crippen LogP contribution in [0.4, 0.5) is 4.39 Å². The number of aromatic nitrogens is 1. The number of para-hydroxylation sites is 1. The topological polar surface area (TPSA) is 49.7 Å². The average Bonchev–Trinajstić information content (AvgIpc) is 3.11. The molecule has 0 saturated carbocycles.